The summed E-state index contributed by atoms with van der Waals surface area (Å²) in [6, 6.07) is 0. The summed E-state index contributed by atoms with van der Waals surface area (Å²) >= 11 is 0. The van der Waals surface area contributed by atoms with E-state index in [-0.39, 0.29) is 25.3 Å². The van der Waals surface area contributed by atoms with Crippen molar-refractivity contribution in [3.05, 3.63) is 0 Å². The third-order valence-corrected chi connectivity index (χ3v) is 4.27. The van der Waals surface area contributed by atoms with Crippen molar-refractivity contribution in [2.75, 3.05) is 13.2 Å². The van der Waals surface area contributed by atoms with E-state index in [0.717, 1.165) is 6.42 Å². The van der Waals surface area contributed by atoms with Gasteiger partial charge in [-0.3, -0.25) is 4.79 Å². The van der Waals surface area contributed by atoms with Crippen LogP contribution in [0, 0.1) is 0 Å². The maximum Gasteiger partial charge on any atom is 0.306 e. The largest absolute Gasteiger partial charge is 0.463 e. The molecule has 5 nitrogen and oxygen atoms in total. The minimum absolute atomic E-state index is 0.0273. The maximum absolute atomic E-state index is 11.3. The fourth-order valence-electron chi connectivity index (χ4n) is 2.67. The summed E-state index contributed by atoms with van der Waals surface area (Å²) in [6.45, 7) is 5.35. The fourth-order valence-corrected chi connectivity index (χ4v) is 2.67. The first kappa shape index (κ1) is 28.6. The quantitative estimate of drug-likeness (QED) is 0.246. The standard InChI is InChI=1S/C19H38O2.C3H8O3/c1-4-5-6-7-8-9-10-11-12-13-14-15-16-17-19(20)21-18(2)3;4-1-3(6)2-5/h18H,4-17H2,1-3H3;3-6H,1-2H2. The molecule has 0 aromatic heterocycles. The molecule has 0 unspecified atom stereocenters. The molecule has 0 saturated heterocycles. The van der Waals surface area contributed by atoms with Crippen molar-refractivity contribution in [2.24, 2.45) is 0 Å². The number of aliphatic hydroxyl groups excluding tert-OH is 3. The van der Waals surface area contributed by atoms with Gasteiger partial charge in [0.05, 0.1) is 19.3 Å². The van der Waals surface area contributed by atoms with Crippen LogP contribution in [0.25, 0.3) is 0 Å². The van der Waals surface area contributed by atoms with E-state index in [4.69, 9.17) is 20.1 Å². The van der Waals surface area contributed by atoms with Gasteiger partial charge in [0, 0.05) is 6.42 Å². The number of unbranched alkanes of at least 4 members (excludes halogenated alkanes) is 12. The van der Waals surface area contributed by atoms with Crippen molar-refractivity contribution in [3.63, 3.8) is 0 Å². The van der Waals surface area contributed by atoms with Gasteiger partial charge >= 0.3 is 5.97 Å². The van der Waals surface area contributed by atoms with Gasteiger partial charge in [-0.15, -0.1) is 0 Å². The Morgan fingerprint density at radius 1 is 0.741 bits per heavy atom. The second-order valence-electron chi connectivity index (χ2n) is 7.55. The van der Waals surface area contributed by atoms with E-state index >= 15 is 0 Å². The van der Waals surface area contributed by atoms with Crippen LogP contribution in [0.1, 0.15) is 111 Å². The van der Waals surface area contributed by atoms with Gasteiger partial charge in [0.15, 0.2) is 0 Å². The normalized spacial score (nSPS) is 10.8. The number of hydrogen-bond donors (Lipinski definition) is 3. The van der Waals surface area contributed by atoms with E-state index in [9.17, 15) is 4.79 Å². The highest BCUT2D eigenvalue weighted by atomic mass is 16.5. The summed E-state index contributed by atoms with van der Waals surface area (Å²) in [7, 11) is 0. The molecular formula is C22H46O5. The number of carbonyl (C=O) groups is 1. The van der Waals surface area contributed by atoms with Gasteiger partial charge in [-0.25, -0.2) is 0 Å². The van der Waals surface area contributed by atoms with Crippen LogP contribution in [-0.4, -0.2) is 46.7 Å². The van der Waals surface area contributed by atoms with Gasteiger partial charge < -0.3 is 20.1 Å². The van der Waals surface area contributed by atoms with Crippen LogP contribution in [0.3, 0.4) is 0 Å². The Balaban J connectivity index is 0. The average molecular weight is 391 g/mol. The molecule has 0 saturated carbocycles. The summed E-state index contributed by atoms with van der Waals surface area (Å²) in [4.78, 5) is 11.3. The Morgan fingerprint density at radius 3 is 1.41 bits per heavy atom. The van der Waals surface area contributed by atoms with Crippen molar-refractivity contribution in [2.45, 2.75) is 123 Å². The Morgan fingerprint density at radius 2 is 1.11 bits per heavy atom. The van der Waals surface area contributed by atoms with E-state index in [1.807, 2.05) is 13.8 Å². The molecule has 0 aromatic rings. The second-order valence-corrected chi connectivity index (χ2v) is 7.55. The van der Waals surface area contributed by atoms with Crippen molar-refractivity contribution >= 4 is 5.97 Å². The lowest BCUT2D eigenvalue weighted by Crippen LogP contribution is -2.15. The van der Waals surface area contributed by atoms with Crippen LogP contribution >= 0.6 is 0 Å². The third kappa shape index (κ3) is 27.7. The predicted octanol–water partition coefficient (Wildman–Crippen LogP) is 4.75. The Labute approximate surface area is 167 Å². The van der Waals surface area contributed by atoms with Gasteiger partial charge in [0.25, 0.3) is 0 Å². The molecule has 0 amide bonds. The average Bonchev–Trinajstić information content (AvgIpc) is 2.64. The number of rotatable bonds is 17. The lowest BCUT2D eigenvalue weighted by atomic mass is 10.0. The summed E-state index contributed by atoms with van der Waals surface area (Å²) in [5, 5.41) is 24.0. The molecule has 0 spiro atoms. The van der Waals surface area contributed by atoms with E-state index in [1.165, 1.54) is 77.0 Å². The zero-order valence-corrected chi connectivity index (χ0v) is 18.1. The van der Waals surface area contributed by atoms with Crippen molar-refractivity contribution < 1.29 is 24.9 Å². The molecule has 0 fully saturated rings. The first-order valence-electron chi connectivity index (χ1n) is 11.1. The molecular weight excluding hydrogens is 344 g/mol. The first-order valence-corrected chi connectivity index (χ1v) is 11.1. The minimum Gasteiger partial charge on any atom is -0.463 e. The van der Waals surface area contributed by atoms with E-state index in [1.54, 1.807) is 0 Å². The molecule has 0 aliphatic rings. The van der Waals surface area contributed by atoms with Crippen molar-refractivity contribution in [3.8, 4) is 0 Å². The van der Waals surface area contributed by atoms with Gasteiger partial charge in [-0.2, -0.15) is 0 Å². The summed E-state index contributed by atoms with van der Waals surface area (Å²) in [5.74, 6) is -0.0342. The monoisotopic (exact) mass is 390 g/mol. The SMILES string of the molecule is CCCCCCCCCCCCCCCC(=O)OC(C)C.OCC(O)CO. The zero-order chi connectivity index (χ0) is 20.8. The van der Waals surface area contributed by atoms with Crippen LogP contribution in [0.4, 0.5) is 0 Å². The Bertz CT molecular complexity index is 290. The van der Waals surface area contributed by atoms with Crippen LogP contribution in [-0.2, 0) is 9.53 Å². The molecule has 27 heavy (non-hydrogen) atoms. The molecule has 0 rings (SSSR count). The van der Waals surface area contributed by atoms with Crippen LogP contribution in [0.2, 0.25) is 0 Å². The summed E-state index contributed by atoms with van der Waals surface area (Å²) in [5.41, 5.74) is 0. The van der Waals surface area contributed by atoms with E-state index in [0.29, 0.717) is 6.42 Å². The topological polar surface area (TPSA) is 87.0 Å². The van der Waals surface area contributed by atoms with Gasteiger partial charge in [0.2, 0.25) is 0 Å². The second kappa shape index (κ2) is 23.4. The van der Waals surface area contributed by atoms with Crippen LogP contribution in [0.15, 0.2) is 0 Å². The Kier molecular flexibility index (Phi) is 24.7. The molecule has 0 bridgehead atoms. The van der Waals surface area contributed by atoms with Gasteiger partial charge in [0.1, 0.15) is 6.10 Å². The molecule has 164 valence electrons. The number of esters is 1. The molecule has 0 aromatic carbocycles. The fraction of sp³-hybridized carbons (Fsp3) is 0.955. The minimum atomic E-state index is -0.954. The maximum atomic E-state index is 11.3. The van der Waals surface area contributed by atoms with E-state index < -0.39 is 6.10 Å². The highest BCUT2D eigenvalue weighted by molar-refractivity contribution is 5.69. The number of aliphatic hydroxyl groups is 3. The molecule has 0 aliphatic carbocycles. The zero-order valence-electron chi connectivity index (χ0n) is 18.1. The first-order chi connectivity index (χ1) is 13.0. The molecule has 3 N–H and O–H groups in total. The van der Waals surface area contributed by atoms with E-state index in [2.05, 4.69) is 6.92 Å². The van der Waals surface area contributed by atoms with Crippen molar-refractivity contribution in [1.29, 1.82) is 0 Å². The molecule has 0 atom stereocenters. The smallest absolute Gasteiger partial charge is 0.306 e. The highest BCUT2D eigenvalue weighted by Gasteiger charge is 2.04. The lowest BCUT2D eigenvalue weighted by molar-refractivity contribution is -0.147. The van der Waals surface area contributed by atoms with Gasteiger partial charge in [-0.1, -0.05) is 84.0 Å². The Hall–Kier alpha value is -0.650. The summed E-state index contributed by atoms with van der Waals surface area (Å²) < 4.78 is 5.12. The van der Waals surface area contributed by atoms with Crippen LogP contribution < -0.4 is 0 Å². The molecule has 0 aliphatic heterocycles. The number of hydrogen-bond acceptors (Lipinski definition) is 5. The lowest BCUT2D eigenvalue weighted by Gasteiger charge is -2.07. The predicted molar refractivity (Wildman–Crippen MR) is 112 cm³/mol. The van der Waals surface area contributed by atoms with Gasteiger partial charge in [-0.05, 0) is 20.3 Å². The number of ether oxygens (including phenoxy) is 1. The molecule has 0 radical (unpaired) electrons. The molecule has 0 heterocycles. The van der Waals surface area contributed by atoms with Crippen LogP contribution in [0.5, 0.6) is 0 Å². The third-order valence-electron chi connectivity index (χ3n) is 4.27. The molecule has 5 heteroatoms. The van der Waals surface area contributed by atoms with Crippen molar-refractivity contribution in [1.82, 2.24) is 0 Å². The number of carbonyl (C=O) groups excluding carboxylic acids is 1. The highest BCUT2D eigenvalue weighted by Crippen LogP contribution is 2.13. The summed E-state index contributed by atoms with van der Waals surface area (Å²) in [6.07, 6.45) is 17.0.